The van der Waals surface area contributed by atoms with E-state index in [4.69, 9.17) is 0 Å². The molecule has 0 aliphatic heterocycles. The number of nitrogens with zero attached hydrogens (tertiary/aromatic N) is 3. The second kappa shape index (κ2) is 4.65. The topological polar surface area (TPSA) is 80.0 Å². The normalized spacial score (nSPS) is 10.7. The lowest BCUT2D eigenvalue weighted by Crippen LogP contribution is -2.01. The molecule has 0 radical (unpaired) electrons. The lowest BCUT2D eigenvalue weighted by Gasteiger charge is -2.08. The Morgan fingerprint density at radius 2 is 2.00 bits per heavy atom. The van der Waals surface area contributed by atoms with Crippen molar-refractivity contribution in [1.82, 2.24) is 14.8 Å². The maximum Gasteiger partial charge on any atom is 0.337 e. The van der Waals surface area contributed by atoms with Gasteiger partial charge in [-0.2, -0.15) is 5.10 Å². The van der Waals surface area contributed by atoms with Crippen molar-refractivity contribution in [3.05, 3.63) is 48.4 Å². The number of hydrogen-bond donors (Lipinski definition) is 2. The number of hydrogen-bond acceptors (Lipinski definition) is 4. The van der Waals surface area contributed by atoms with Crippen molar-refractivity contribution in [3.8, 4) is 0 Å². The molecular weight excluding hydrogens is 256 g/mol. The monoisotopic (exact) mass is 268 g/mol. The molecule has 0 aliphatic rings. The van der Waals surface area contributed by atoms with Crippen LogP contribution in [-0.4, -0.2) is 25.8 Å². The Bertz CT molecular complexity index is 795. The van der Waals surface area contributed by atoms with Crippen LogP contribution in [0.5, 0.6) is 0 Å². The van der Waals surface area contributed by atoms with Gasteiger partial charge in [-0.05, 0) is 0 Å². The van der Waals surface area contributed by atoms with Gasteiger partial charge >= 0.3 is 5.97 Å². The van der Waals surface area contributed by atoms with Gasteiger partial charge in [-0.25, -0.2) is 9.78 Å². The number of aryl methyl sites for hydroxylation is 1. The lowest BCUT2D eigenvalue weighted by atomic mass is 10.1. The summed E-state index contributed by atoms with van der Waals surface area (Å²) >= 11 is 0. The maximum absolute atomic E-state index is 11.2. The highest BCUT2D eigenvalue weighted by Crippen LogP contribution is 2.26. The van der Waals surface area contributed by atoms with Gasteiger partial charge < -0.3 is 10.4 Å². The Morgan fingerprint density at radius 3 is 2.65 bits per heavy atom. The van der Waals surface area contributed by atoms with E-state index in [9.17, 15) is 9.90 Å². The molecule has 0 spiro atoms. The van der Waals surface area contributed by atoms with Crippen LogP contribution >= 0.6 is 0 Å². The van der Waals surface area contributed by atoms with E-state index in [0.717, 1.165) is 11.1 Å². The van der Waals surface area contributed by atoms with Gasteiger partial charge in [0, 0.05) is 30.2 Å². The summed E-state index contributed by atoms with van der Waals surface area (Å²) in [4.78, 5) is 15.4. The third-order valence-electron chi connectivity index (χ3n) is 2.99. The van der Waals surface area contributed by atoms with E-state index in [2.05, 4.69) is 15.4 Å². The van der Waals surface area contributed by atoms with E-state index in [1.54, 1.807) is 16.9 Å². The van der Waals surface area contributed by atoms with Crippen molar-refractivity contribution in [3.63, 3.8) is 0 Å². The molecule has 0 aliphatic carbocycles. The molecule has 0 atom stereocenters. The summed E-state index contributed by atoms with van der Waals surface area (Å²) in [6.07, 6.45) is 4.87. The highest BCUT2D eigenvalue weighted by atomic mass is 16.4. The van der Waals surface area contributed by atoms with E-state index in [0.29, 0.717) is 11.2 Å². The lowest BCUT2D eigenvalue weighted by molar-refractivity contribution is 0.0698. The van der Waals surface area contributed by atoms with Gasteiger partial charge in [0.15, 0.2) is 0 Å². The molecule has 0 saturated carbocycles. The van der Waals surface area contributed by atoms with E-state index >= 15 is 0 Å². The predicted molar refractivity (Wildman–Crippen MR) is 75.2 cm³/mol. The van der Waals surface area contributed by atoms with Crippen LogP contribution in [0.15, 0.2) is 42.9 Å². The number of pyridine rings is 1. The molecule has 6 nitrogen and oxygen atoms in total. The van der Waals surface area contributed by atoms with Gasteiger partial charge in [0.25, 0.3) is 0 Å². The number of aromatic nitrogens is 3. The highest BCUT2D eigenvalue weighted by Gasteiger charge is 2.12. The molecule has 0 saturated heterocycles. The van der Waals surface area contributed by atoms with Gasteiger partial charge in [0.2, 0.25) is 0 Å². The molecule has 0 unspecified atom stereocenters. The smallest absolute Gasteiger partial charge is 0.337 e. The molecule has 6 heteroatoms. The van der Waals surface area contributed by atoms with Crippen LogP contribution in [0.4, 0.5) is 11.5 Å². The first kappa shape index (κ1) is 12.2. The van der Waals surface area contributed by atoms with Crippen LogP contribution in [0.25, 0.3) is 10.8 Å². The van der Waals surface area contributed by atoms with Gasteiger partial charge in [-0.15, -0.1) is 0 Å². The minimum absolute atomic E-state index is 0.192. The van der Waals surface area contributed by atoms with Crippen molar-refractivity contribution in [2.75, 3.05) is 5.32 Å². The zero-order valence-electron chi connectivity index (χ0n) is 10.7. The molecule has 2 N–H and O–H groups in total. The van der Waals surface area contributed by atoms with Crippen LogP contribution in [0, 0.1) is 0 Å². The number of rotatable bonds is 3. The number of carbonyl (C=O) groups is 1. The quantitative estimate of drug-likeness (QED) is 0.762. The number of anilines is 2. The number of carboxylic acid groups (broad SMARTS) is 1. The largest absolute Gasteiger partial charge is 0.478 e. The summed E-state index contributed by atoms with van der Waals surface area (Å²) in [5.74, 6) is -0.375. The van der Waals surface area contributed by atoms with Crippen molar-refractivity contribution in [1.29, 1.82) is 0 Å². The van der Waals surface area contributed by atoms with Crippen LogP contribution in [0.3, 0.4) is 0 Å². The van der Waals surface area contributed by atoms with Crippen LogP contribution in [0.1, 0.15) is 10.4 Å². The van der Waals surface area contributed by atoms with Gasteiger partial charge in [-0.1, -0.05) is 24.3 Å². The molecule has 2 heterocycles. The second-order valence-electron chi connectivity index (χ2n) is 4.40. The van der Waals surface area contributed by atoms with Gasteiger partial charge in [0.05, 0.1) is 17.4 Å². The highest BCUT2D eigenvalue weighted by molar-refractivity contribution is 6.06. The first-order valence-corrected chi connectivity index (χ1v) is 6.02. The van der Waals surface area contributed by atoms with E-state index in [1.165, 1.54) is 6.20 Å². The van der Waals surface area contributed by atoms with Crippen molar-refractivity contribution in [2.45, 2.75) is 0 Å². The fourth-order valence-corrected chi connectivity index (χ4v) is 2.09. The molecule has 0 bridgehead atoms. The molecule has 100 valence electrons. The average Bonchev–Trinajstić information content (AvgIpc) is 2.84. The van der Waals surface area contributed by atoms with E-state index in [1.807, 2.05) is 31.4 Å². The molecule has 3 rings (SSSR count). The Hall–Kier alpha value is -2.89. The fourth-order valence-electron chi connectivity index (χ4n) is 2.09. The summed E-state index contributed by atoms with van der Waals surface area (Å²) in [7, 11) is 1.82. The Morgan fingerprint density at radius 1 is 1.25 bits per heavy atom. The number of nitrogens with one attached hydrogen (secondary N) is 1. The summed E-state index contributed by atoms with van der Waals surface area (Å²) in [5, 5.41) is 17.8. The molecule has 0 fully saturated rings. The molecular formula is C14H12N4O2. The molecule has 3 aromatic rings. The Labute approximate surface area is 114 Å². The number of aromatic carboxylic acids is 1. The van der Waals surface area contributed by atoms with Crippen LogP contribution < -0.4 is 5.32 Å². The van der Waals surface area contributed by atoms with Crippen LogP contribution in [-0.2, 0) is 7.05 Å². The minimum Gasteiger partial charge on any atom is -0.478 e. The van der Waals surface area contributed by atoms with Crippen LogP contribution in [0.2, 0.25) is 0 Å². The molecule has 0 amide bonds. The molecule has 1 aromatic carbocycles. The standard InChI is InChI=1S/C14H12N4O2/c1-18-8-9(6-16-18)17-13-11-5-3-2-4-10(11)12(7-15-13)14(19)20/h2-8H,1H3,(H,15,17)(H,19,20). The maximum atomic E-state index is 11.2. The van der Waals surface area contributed by atoms with Gasteiger partial charge in [-0.3, -0.25) is 4.68 Å². The fraction of sp³-hybridized carbons (Fsp3) is 0.0714. The minimum atomic E-state index is -0.985. The molecule has 20 heavy (non-hydrogen) atoms. The van der Waals surface area contributed by atoms with E-state index < -0.39 is 5.97 Å². The number of fused-ring (bicyclic) bond motifs is 1. The summed E-state index contributed by atoms with van der Waals surface area (Å²) in [6.45, 7) is 0. The third-order valence-corrected chi connectivity index (χ3v) is 2.99. The second-order valence-corrected chi connectivity index (χ2v) is 4.40. The third kappa shape index (κ3) is 2.07. The average molecular weight is 268 g/mol. The molecule has 2 aromatic heterocycles. The summed E-state index contributed by atoms with van der Waals surface area (Å²) in [6, 6.07) is 7.27. The first-order valence-electron chi connectivity index (χ1n) is 6.02. The zero-order chi connectivity index (χ0) is 14.1. The predicted octanol–water partition coefficient (Wildman–Crippen LogP) is 2.41. The van der Waals surface area contributed by atoms with Crippen molar-refractivity contribution < 1.29 is 9.90 Å². The Kier molecular flexibility index (Phi) is 2.83. The SMILES string of the molecule is Cn1cc(Nc2ncc(C(=O)O)c3ccccc23)cn1. The van der Waals surface area contributed by atoms with Gasteiger partial charge in [0.1, 0.15) is 5.82 Å². The number of carboxylic acids is 1. The van der Waals surface area contributed by atoms with Crippen molar-refractivity contribution in [2.24, 2.45) is 7.05 Å². The summed E-state index contributed by atoms with van der Waals surface area (Å²) < 4.78 is 1.68. The Balaban J connectivity index is 2.12. The first-order chi connectivity index (χ1) is 9.65. The number of benzene rings is 1. The van der Waals surface area contributed by atoms with Crippen molar-refractivity contribution >= 4 is 28.2 Å². The summed E-state index contributed by atoms with van der Waals surface area (Å²) in [5.41, 5.74) is 0.991. The zero-order valence-corrected chi connectivity index (χ0v) is 10.7. The van der Waals surface area contributed by atoms with E-state index in [-0.39, 0.29) is 5.56 Å².